The number of anilines is 2. The van der Waals surface area contributed by atoms with E-state index in [0.717, 1.165) is 19.3 Å². The van der Waals surface area contributed by atoms with Crippen molar-refractivity contribution in [2.45, 2.75) is 39.2 Å². The highest BCUT2D eigenvalue weighted by Crippen LogP contribution is 2.23. The van der Waals surface area contributed by atoms with Gasteiger partial charge in [0.15, 0.2) is 0 Å². The van der Waals surface area contributed by atoms with Gasteiger partial charge in [-0.3, -0.25) is 4.79 Å². The molecule has 0 aliphatic heterocycles. The van der Waals surface area contributed by atoms with Gasteiger partial charge in [-0.2, -0.15) is 4.98 Å². The molecule has 1 amide bonds. The quantitative estimate of drug-likeness (QED) is 0.729. The van der Waals surface area contributed by atoms with E-state index in [9.17, 15) is 9.18 Å². The Morgan fingerprint density at radius 2 is 2.17 bits per heavy atom. The van der Waals surface area contributed by atoms with Crippen LogP contribution < -0.4 is 16.4 Å². The van der Waals surface area contributed by atoms with Crippen LogP contribution in [0.15, 0.2) is 18.2 Å². The van der Waals surface area contributed by atoms with Gasteiger partial charge >= 0.3 is 0 Å². The van der Waals surface area contributed by atoms with Crippen molar-refractivity contribution < 1.29 is 9.18 Å². The van der Waals surface area contributed by atoms with Crippen LogP contribution in [0.1, 0.15) is 33.1 Å². The summed E-state index contributed by atoms with van der Waals surface area (Å²) in [5.74, 6) is 0.183. The summed E-state index contributed by atoms with van der Waals surface area (Å²) in [6, 6.07) is 4.33. The van der Waals surface area contributed by atoms with Gasteiger partial charge in [0.25, 0.3) is 0 Å². The van der Waals surface area contributed by atoms with Crippen molar-refractivity contribution in [3.8, 4) is 0 Å². The number of nitrogens with one attached hydrogen (secondary N) is 2. The van der Waals surface area contributed by atoms with Crippen LogP contribution >= 0.6 is 0 Å². The molecule has 0 fully saturated rings. The predicted octanol–water partition coefficient (Wildman–Crippen LogP) is 2.46. The van der Waals surface area contributed by atoms with Crippen molar-refractivity contribution in [3.05, 3.63) is 24.0 Å². The zero-order valence-corrected chi connectivity index (χ0v) is 13.4. The highest BCUT2D eigenvalue weighted by Gasteiger charge is 2.13. The third kappa shape index (κ3) is 4.77. The first-order valence-corrected chi connectivity index (χ1v) is 7.73. The standard InChI is InChI=1S/C16H22FN5O/c1-3-4-5-12(9-19-10(2)23)20-15-13-7-6-11(17)8-14(13)21-16(18)22-15/h6-8,12H,3-5,9H2,1-2H3,(H,19,23)(H3,18,20,21,22). The SMILES string of the molecule is CCCCC(CNC(C)=O)Nc1nc(N)nc2cc(F)ccc12. The van der Waals surface area contributed by atoms with Gasteiger partial charge < -0.3 is 16.4 Å². The second kappa shape index (κ2) is 7.71. The van der Waals surface area contributed by atoms with Crippen LogP contribution in [0.25, 0.3) is 10.9 Å². The predicted molar refractivity (Wildman–Crippen MR) is 89.5 cm³/mol. The van der Waals surface area contributed by atoms with Crippen molar-refractivity contribution in [1.29, 1.82) is 0 Å². The molecule has 1 atom stereocenters. The fourth-order valence-electron chi connectivity index (χ4n) is 2.37. The number of rotatable bonds is 7. The Bertz CT molecular complexity index is 686. The fraction of sp³-hybridized carbons (Fsp3) is 0.438. The molecule has 124 valence electrons. The Balaban J connectivity index is 2.27. The molecular formula is C16H22FN5O. The molecule has 4 N–H and O–H groups in total. The summed E-state index contributed by atoms with van der Waals surface area (Å²) < 4.78 is 13.4. The number of fused-ring (bicyclic) bond motifs is 1. The Kier molecular flexibility index (Phi) is 5.67. The van der Waals surface area contributed by atoms with Gasteiger partial charge in [0.05, 0.1) is 5.52 Å². The molecule has 2 rings (SSSR count). The first kappa shape index (κ1) is 16.9. The largest absolute Gasteiger partial charge is 0.368 e. The molecule has 23 heavy (non-hydrogen) atoms. The number of hydrogen-bond acceptors (Lipinski definition) is 5. The number of aromatic nitrogens is 2. The number of hydrogen-bond donors (Lipinski definition) is 3. The average Bonchev–Trinajstić information content (AvgIpc) is 2.49. The molecule has 0 saturated carbocycles. The van der Waals surface area contributed by atoms with E-state index in [0.29, 0.717) is 23.3 Å². The second-order valence-electron chi connectivity index (χ2n) is 5.51. The molecule has 1 unspecified atom stereocenters. The van der Waals surface area contributed by atoms with Crippen LogP contribution in [-0.2, 0) is 4.79 Å². The summed E-state index contributed by atoms with van der Waals surface area (Å²) in [6.45, 7) is 4.08. The number of nitrogen functional groups attached to an aromatic ring is 1. The lowest BCUT2D eigenvalue weighted by Gasteiger charge is -2.20. The molecule has 0 saturated heterocycles. The van der Waals surface area contributed by atoms with Gasteiger partial charge in [-0.25, -0.2) is 9.37 Å². The monoisotopic (exact) mass is 319 g/mol. The first-order chi connectivity index (χ1) is 11.0. The van der Waals surface area contributed by atoms with Crippen molar-refractivity contribution in [3.63, 3.8) is 0 Å². The second-order valence-corrected chi connectivity index (χ2v) is 5.51. The summed E-state index contributed by atoms with van der Waals surface area (Å²) in [5.41, 5.74) is 6.17. The molecule has 0 aliphatic rings. The van der Waals surface area contributed by atoms with Gasteiger partial charge in [-0.05, 0) is 18.6 Å². The maximum Gasteiger partial charge on any atom is 0.222 e. The number of benzene rings is 1. The number of carbonyl (C=O) groups is 1. The molecule has 0 radical (unpaired) electrons. The van der Waals surface area contributed by atoms with Crippen LogP contribution in [0.3, 0.4) is 0 Å². The Morgan fingerprint density at radius 1 is 1.39 bits per heavy atom. The molecule has 2 aromatic rings. The van der Waals surface area contributed by atoms with Crippen molar-refractivity contribution >= 4 is 28.6 Å². The van der Waals surface area contributed by atoms with Crippen LogP contribution in [0.2, 0.25) is 0 Å². The minimum atomic E-state index is -0.373. The number of unbranched alkanes of at least 4 members (excludes halogenated alkanes) is 1. The smallest absolute Gasteiger partial charge is 0.222 e. The molecule has 0 bridgehead atoms. The molecule has 6 nitrogen and oxygen atoms in total. The molecule has 0 spiro atoms. The topological polar surface area (TPSA) is 92.9 Å². The Hall–Kier alpha value is -2.44. The van der Waals surface area contributed by atoms with Crippen molar-refractivity contribution in [2.24, 2.45) is 0 Å². The highest BCUT2D eigenvalue weighted by molar-refractivity contribution is 5.90. The summed E-state index contributed by atoms with van der Waals surface area (Å²) in [4.78, 5) is 19.4. The van der Waals surface area contributed by atoms with Gasteiger partial charge in [-0.1, -0.05) is 19.8 Å². The van der Waals surface area contributed by atoms with E-state index in [-0.39, 0.29) is 23.7 Å². The fourth-order valence-corrected chi connectivity index (χ4v) is 2.37. The minimum Gasteiger partial charge on any atom is -0.368 e. The van der Waals surface area contributed by atoms with Crippen LogP contribution in [0, 0.1) is 5.82 Å². The van der Waals surface area contributed by atoms with Gasteiger partial charge in [0.1, 0.15) is 11.6 Å². The Morgan fingerprint density at radius 3 is 2.87 bits per heavy atom. The third-order valence-corrected chi connectivity index (χ3v) is 3.52. The Labute approximate surface area is 134 Å². The van der Waals surface area contributed by atoms with E-state index in [1.807, 2.05) is 0 Å². The first-order valence-electron chi connectivity index (χ1n) is 7.73. The van der Waals surface area contributed by atoms with Gasteiger partial charge in [-0.15, -0.1) is 0 Å². The number of halogens is 1. The maximum atomic E-state index is 13.4. The lowest BCUT2D eigenvalue weighted by atomic mass is 10.1. The van der Waals surface area contributed by atoms with Gasteiger partial charge in [0, 0.05) is 31.0 Å². The average molecular weight is 319 g/mol. The van der Waals surface area contributed by atoms with E-state index in [4.69, 9.17) is 5.73 Å². The summed E-state index contributed by atoms with van der Waals surface area (Å²) >= 11 is 0. The van der Waals surface area contributed by atoms with Gasteiger partial charge in [0.2, 0.25) is 11.9 Å². The lowest BCUT2D eigenvalue weighted by Crippen LogP contribution is -2.35. The number of carbonyl (C=O) groups excluding carboxylic acids is 1. The lowest BCUT2D eigenvalue weighted by molar-refractivity contribution is -0.119. The van der Waals surface area contributed by atoms with Crippen LogP contribution in [-0.4, -0.2) is 28.5 Å². The van der Waals surface area contributed by atoms with E-state index in [1.165, 1.54) is 19.1 Å². The van der Waals surface area contributed by atoms with Crippen molar-refractivity contribution in [1.82, 2.24) is 15.3 Å². The van der Waals surface area contributed by atoms with Crippen molar-refractivity contribution in [2.75, 3.05) is 17.6 Å². The van der Waals surface area contributed by atoms with Crippen LogP contribution in [0.5, 0.6) is 0 Å². The molecule has 7 heteroatoms. The maximum absolute atomic E-state index is 13.4. The zero-order chi connectivity index (χ0) is 16.8. The van der Waals surface area contributed by atoms with Crippen LogP contribution in [0.4, 0.5) is 16.2 Å². The third-order valence-electron chi connectivity index (χ3n) is 3.52. The minimum absolute atomic E-state index is 0.0152. The number of amides is 1. The van der Waals surface area contributed by atoms with E-state index < -0.39 is 0 Å². The number of nitrogens with zero attached hydrogens (tertiary/aromatic N) is 2. The summed E-state index contributed by atoms with van der Waals surface area (Å²) in [6.07, 6.45) is 2.95. The molecule has 1 heterocycles. The zero-order valence-electron chi connectivity index (χ0n) is 13.4. The van der Waals surface area contributed by atoms with E-state index in [2.05, 4.69) is 27.5 Å². The number of nitrogens with two attached hydrogens (primary N) is 1. The van der Waals surface area contributed by atoms with E-state index >= 15 is 0 Å². The normalized spacial score (nSPS) is 12.1. The molecular weight excluding hydrogens is 297 g/mol. The highest BCUT2D eigenvalue weighted by atomic mass is 19.1. The van der Waals surface area contributed by atoms with E-state index in [1.54, 1.807) is 6.07 Å². The summed E-state index contributed by atoms with van der Waals surface area (Å²) in [5, 5.41) is 6.81. The molecule has 1 aromatic carbocycles. The summed E-state index contributed by atoms with van der Waals surface area (Å²) in [7, 11) is 0. The molecule has 1 aromatic heterocycles. The molecule has 0 aliphatic carbocycles.